The molecule has 3 aromatic heterocycles. The van der Waals surface area contributed by atoms with Gasteiger partial charge in [-0.3, -0.25) is 0 Å². The fourth-order valence-corrected chi connectivity index (χ4v) is 9.94. The van der Waals surface area contributed by atoms with Crippen molar-refractivity contribution in [2.24, 2.45) is 5.92 Å². The molecule has 12 aromatic rings. The van der Waals surface area contributed by atoms with Gasteiger partial charge in [-0.2, -0.15) is 0 Å². The number of fused-ring (bicyclic) bond motifs is 9. The summed E-state index contributed by atoms with van der Waals surface area (Å²) in [6.07, 6.45) is 3.27. The van der Waals surface area contributed by atoms with Crippen molar-refractivity contribution in [1.29, 1.82) is 0 Å². The molecule has 0 bridgehead atoms. The SMILES string of the molecule is CC1C=C(c2ccc(-c3nc(-c4ccc5ccccc5c4)nc(-c4cccc5oc6ccccc6c45)n3)c3ccccc23)c2c(oc3cc(-c4cccc5ccccc45)ccc23)C1. The second kappa shape index (κ2) is 13.9. The average molecular weight is 808 g/mol. The van der Waals surface area contributed by atoms with E-state index in [1.807, 2.05) is 30.3 Å². The number of furan rings is 2. The summed E-state index contributed by atoms with van der Waals surface area (Å²) in [5, 5.41) is 10.1. The van der Waals surface area contributed by atoms with E-state index in [1.165, 1.54) is 27.5 Å². The van der Waals surface area contributed by atoms with Gasteiger partial charge in [0.2, 0.25) is 0 Å². The second-order valence-corrected chi connectivity index (χ2v) is 16.8. The van der Waals surface area contributed by atoms with Gasteiger partial charge in [-0.1, -0.05) is 159 Å². The van der Waals surface area contributed by atoms with E-state index in [2.05, 4.69) is 165 Å². The Kier molecular flexibility index (Phi) is 7.88. The van der Waals surface area contributed by atoms with Gasteiger partial charge >= 0.3 is 0 Å². The van der Waals surface area contributed by atoms with E-state index in [0.717, 1.165) is 94.5 Å². The molecule has 0 saturated carbocycles. The highest BCUT2D eigenvalue weighted by Gasteiger charge is 2.27. The minimum atomic E-state index is 0.293. The molecule has 0 radical (unpaired) electrons. The number of para-hydroxylation sites is 1. The quantitative estimate of drug-likeness (QED) is 0.173. The van der Waals surface area contributed by atoms with Crippen LogP contribution < -0.4 is 0 Å². The third kappa shape index (κ3) is 5.74. The minimum Gasteiger partial charge on any atom is -0.460 e. The minimum absolute atomic E-state index is 0.293. The van der Waals surface area contributed by atoms with E-state index in [9.17, 15) is 0 Å². The molecule has 63 heavy (non-hydrogen) atoms. The van der Waals surface area contributed by atoms with Crippen LogP contribution in [0.3, 0.4) is 0 Å². The lowest BCUT2D eigenvalue weighted by atomic mass is 9.83. The van der Waals surface area contributed by atoms with Crippen molar-refractivity contribution in [2.45, 2.75) is 13.3 Å². The van der Waals surface area contributed by atoms with Gasteiger partial charge in [0.25, 0.3) is 0 Å². The van der Waals surface area contributed by atoms with E-state index < -0.39 is 0 Å². The topological polar surface area (TPSA) is 65.0 Å². The van der Waals surface area contributed by atoms with E-state index >= 15 is 0 Å². The zero-order valence-corrected chi connectivity index (χ0v) is 34.3. The Morgan fingerprint density at radius 3 is 1.92 bits per heavy atom. The number of nitrogens with zero attached hydrogens (tertiary/aromatic N) is 3. The number of hydrogen-bond donors (Lipinski definition) is 0. The van der Waals surface area contributed by atoms with Crippen LogP contribution in [0.2, 0.25) is 0 Å². The molecule has 0 spiro atoms. The van der Waals surface area contributed by atoms with Crippen LogP contribution in [-0.4, -0.2) is 15.0 Å². The van der Waals surface area contributed by atoms with Crippen LogP contribution in [0.5, 0.6) is 0 Å². The van der Waals surface area contributed by atoms with Crippen LogP contribution in [0.1, 0.15) is 23.8 Å². The zero-order valence-electron chi connectivity index (χ0n) is 34.3. The van der Waals surface area contributed by atoms with E-state index in [1.54, 1.807) is 0 Å². The van der Waals surface area contributed by atoms with Crippen LogP contribution in [0, 0.1) is 5.92 Å². The summed E-state index contributed by atoms with van der Waals surface area (Å²) in [6, 6.07) is 63.9. The molecule has 13 rings (SSSR count). The Morgan fingerprint density at radius 2 is 1.05 bits per heavy atom. The Balaban J connectivity index is 0.988. The number of rotatable bonds is 5. The molecule has 0 N–H and O–H groups in total. The molecule has 5 heteroatoms. The van der Waals surface area contributed by atoms with Crippen LogP contribution >= 0.6 is 0 Å². The number of allylic oxidation sites excluding steroid dienone is 1. The van der Waals surface area contributed by atoms with E-state index in [4.69, 9.17) is 23.8 Å². The zero-order chi connectivity index (χ0) is 41.6. The predicted octanol–water partition coefficient (Wildman–Crippen LogP) is 15.3. The summed E-state index contributed by atoms with van der Waals surface area (Å²) >= 11 is 0. The average Bonchev–Trinajstić information content (AvgIpc) is 3.91. The third-order valence-corrected chi connectivity index (χ3v) is 12.8. The number of aromatic nitrogens is 3. The second-order valence-electron chi connectivity index (χ2n) is 16.8. The Morgan fingerprint density at radius 1 is 0.413 bits per heavy atom. The maximum Gasteiger partial charge on any atom is 0.164 e. The first kappa shape index (κ1) is 35.6. The van der Waals surface area contributed by atoms with Crippen molar-refractivity contribution < 1.29 is 8.83 Å². The molecule has 296 valence electrons. The summed E-state index contributed by atoms with van der Waals surface area (Å²) in [5.74, 6) is 3.13. The van der Waals surface area contributed by atoms with Gasteiger partial charge in [0.05, 0.1) is 0 Å². The van der Waals surface area contributed by atoms with Crippen molar-refractivity contribution in [2.75, 3.05) is 0 Å². The smallest absolute Gasteiger partial charge is 0.164 e. The van der Waals surface area contributed by atoms with Gasteiger partial charge in [0.15, 0.2) is 17.5 Å². The molecule has 1 aliphatic carbocycles. The molecule has 3 heterocycles. The Bertz CT molecular complexity index is 3870. The molecule has 0 amide bonds. The highest BCUT2D eigenvalue weighted by molar-refractivity contribution is 6.12. The highest BCUT2D eigenvalue weighted by Crippen LogP contribution is 2.45. The molecule has 0 fully saturated rings. The molecule has 1 atom stereocenters. The predicted molar refractivity (Wildman–Crippen MR) is 258 cm³/mol. The number of benzene rings is 9. The lowest BCUT2D eigenvalue weighted by molar-refractivity contribution is 0.512. The fraction of sp³-hybridized carbons (Fsp3) is 0.0517. The van der Waals surface area contributed by atoms with Crippen LogP contribution in [0.25, 0.3) is 116 Å². The van der Waals surface area contributed by atoms with Crippen LogP contribution in [0.15, 0.2) is 197 Å². The maximum atomic E-state index is 6.81. The summed E-state index contributed by atoms with van der Waals surface area (Å²) in [6.45, 7) is 2.28. The summed E-state index contributed by atoms with van der Waals surface area (Å²) in [4.78, 5) is 15.8. The lowest BCUT2D eigenvalue weighted by Crippen LogP contribution is -2.07. The molecule has 5 nitrogen and oxygen atoms in total. The largest absolute Gasteiger partial charge is 0.460 e. The van der Waals surface area contributed by atoms with Crippen LogP contribution in [-0.2, 0) is 6.42 Å². The van der Waals surface area contributed by atoms with Crippen LogP contribution in [0.4, 0.5) is 0 Å². The normalized spacial score (nSPS) is 14.0. The first-order valence-electron chi connectivity index (χ1n) is 21.6. The van der Waals surface area contributed by atoms with E-state index in [0.29, 0.717) is 23.4 Å². The van der Waals surface area contributed by atoms with Gasteiger partial charge in [0, 0.05) is 44.8 Å². The molecule has 9 aromatic carbocycles. The van der Waals surface area contributed by atoms with Gasteiger partial charge < -0.3 is 8.83 Å². The molecular formula is C58H37N3O2. The third-order valence-electron chi connectivity index (χ3n) is 12.8. The van der Waals surface area contributed by atoms with Crippen molar-refractivity contribution in [3.8, 4) is 45.3 Å². The Hall–Kier alpha value is -8.15. The van der Waals surface area contributed by atoms with Crippen molar-refractivity contribution >= 4 is 70.8 Å². The summed E-state index contributed by atoms with van der Waals surface area (Å²) < 4.78 is 13.1. The lowest BCUT2D eigenvalue weighted by Gasteiger charge is -2.20. The van der Waals surface area contributed by atoms with Gasteiger partial charge in [-0.25, -0.2) is 15.0 Å². The highest BCUT2D eigenvalue weighted by atomic mass is 16.3. The summed E-state index contributed by atoms with van der Waals surface area (Å²) in [5.41, 5.74) is 11.2. The number of hydrogen-bond acceptors (Lipinski definition) is 5. The molecule has 0 saturated heterocycles. The van der Waals surface area contributed by atoms with Crippen molar-refractivity contribution in [3.63, 3.8) is 0 Å². The van der Waals surface area contributed by atoms with Gasteiger partial charge in [-0.15, -0.1) is 0 Å². The maximum absolute atomic E-state index is 6.81. The first-order chi connectivity index (χ1) is 31.1. The van der Waals surface area contributed by atoms with Gasteiger partial charge in [-0.05, 0) is 96.9 Å². The fourth-order valence-electron chi connectivity index (χ4n) is 9.94. The first-order valence-corrected chi connectivity index (χ1v) is 21.6. The molecular weight excluding hydrogens is 771 g/mol. The monoisotopic (exact) mass is 807 g/mol. The summed E-state index contributed by atoms with van der Waals surface area (Å²) in [7, 11) is 0. The van der Waals surface area contributed by atoms with E-state index in [-0.39, 0.29) is 0 Å². The van der Waals surface area contributed by atoms with Crippen molar-refractivity contribution in [1.82, 2.24) is 15.0 Å². The van der Waals surface area contributed by atoms with Gasteiger partial charge in [0.1, 0.15) is 22.5 Å². The standard InChI is InChI=1S/C58H37N3O2/c1-34-30-49(55-47-27-26-38(33-52(47)63-53(55)31-34)41-20-10-15-36-13-4-5-16-40(36)41)44-28-29-45(43-18-7-6-17-42(43)44)57-59-56(39-25-24-35-12-2-3-14-37(35)32-39)60-58(61-57)48-21-11-23-51-54(48)46-19-8-9-22-50(46)62-51/h2-30,32-34H,31H2,1H3. The van der Waals surface area contributed by atoms with Crippen molar-refractivity contribution in [3.05, 3.63) is 205 Å². The molecule has 0 aliphatic heterocycles. The molecule has 1 aliphatic rings. The Labute approximate surface area is 362 Å². The molecule has 1 unspecified atom stereocenters.